The number of hydrogen-bond donors (Lipinski definition) is 1. The van der Waals surface area contributed by atoms with Gasteiger partial charge in [-0.2, -0.15) is 5.26 Å². The van der Waals surface area contributed by atoms with Crippen molar-refractivity contribution in [3.8, 4) is 11.8 Å². The molecule has 1 heterocycles. The van der Waals surface area contributed by atoms with Crippen molar-refractivity contribution in [1.82, 2.24) is 9.97 Å². The molecular formula is C23H16BrN3O. The first-order chi connectivity index (χ1) is 13.7. The molecule has 0 aliphatic carbocycles. The van der Waals surface area contributed by atoms with E-state index < -0.39 is 0 Å². The van der Waals surface area contributed by atoms with Gasteiger partial charge in [0.1, 0.15) is 24.3 Å². The predicted octanol–water partition coefficient (Wildman–Crippen LogP) is 5.97. The average molecular weight is 430 g/mol. The number of aromatic nitrogens is 2. The van der Waals surface area contributed by atoms with E-state index in [4.69, 9.17) is 4.74 Å². The molecule has 0 aliphatic heterocycles. The molecule has 4 rings (SSSR count). The van der Waals surface area contributed by atoms with Crippen LogP contribution in [-0.2, 0) is 6.61 Å². The van der Waals surface area contributed by atoms with Gasteiger partial charge in [-0.05, 0) is 57.4 Å². The highest BCUT2D eigenvalue weighted by atomic mass is 79.9. The van der Waals surface area contributed by atoms with Gasteiger partial charge in [-0.1, -0.05) is 48.5 Å². The highest BCUT2D eigenvalue weighted by molar-refractivity contribution is 9.10. The Kier molecular flexibility index (Phi) is 5.22. The Hall–Kier alpha value is -3.36. The lowest BCUT2D eigenvalue weighted by Gasteiger charge is -2.09. The van der Waals surface area contributed by atoms with Crippen LogP contribution in [0, 0.1) is 11.3 Å². The summed E-state index contributed by atoms with van der Waals surface area (Å²) in [4.78, 5) is 7.69. The Bertz CT molecular complexity index is 1160. The number of para-hydroxylation sites is 2. The normalized spacial score (nSPS) is 11.4. The number of nitriles is 1. The number of nitrogens with zero attached hydrogens (tertiary/aromatic N) is 2. The van der Waals surface area contributed by atoms with Crippen LogP contribution in [0.1, 0.15) is 17.0 Å². The zero-order chi connectivity index (χ0) is 19.3. The zero-order valence-electron chi connectivity index (χ0n) is 14.9. The molecule has 0 radical (unpaired) electrons. The maximum absolute atomic E-state index is 9.59. The second-order valence-electron chi connectivity index (χ2n) is 6.24. The van der Waals surface area contributed by atoms with Crippen LogP contribution in [0.3, 0.4) is 0 Å². The molecule has 28 heavy (non-hydrogen) atoms. The number of ether oxygens (including phenoxy) is 1. The molecule has 0 spiro atoms. The van der Waals surface area contributed by atoms with E-state index in [-0.39, 0.29) is 0 Å². The highest BCUT2D eigenvalue weighted by Gasteiger charge is 2.09. The van der Waals surface area contributed by atoms with Gasteiger partial charge < -0.3 is 9.72 Å². The van der Waals surface area contributed by atoms with Crippen LogP contribution < -0.4 is 4.74 Å². The quantitative estimate of drug-likeness (QED) is 0.397. The van der Waals surface area contributed by atoms with E-state index >= 15 is 0 Å². The fraction of sp³-hybridized carbons (Fsp3) is 0.0435. The largest absolute Gasteiger partial charge is 0.488 e. The Morgan fingerprint density at radius 1 is 1.07 bits per heavy atom. The van der Waals surface area contributed by atoms with Gasteiger partial charge in [-0.15, -0.1) is 0 Å². The van der Waals surface area contributed by atoms with Crippen LogP contribution in [0.2, 0.25) is 0 Å². The number of aromatic amines is 1. The molecule has 5 heteroatoms. The summed E-state index contributed by atoms with van der Waals surface area (Å²) in [6.07, 6.45) is 1.81. The Morgan fingerprint density at radius 2 is 1.86 bits per heavy atom. The standard InChI is InChI=1S/C23H16BrN3O/c24-19-13-17(10-11-22(19)28-15-16-6-2-1-3-7-16)12-18(14-25)23-26-20-8-4-5-9-21(20)27-23/h1-13H,15H2,(H,26,27). The number of imidazole rings is 1. The molecule has 0 amide bonds. The number of H-pyrrole nitrogens is 1. The van der Waals surface area contributed by atoms with Gasteiger partial charge in [0.05, 0.1) is 21.1 Å². The van der Waals surface area contributed by atoms with Crippen molar-refractivity contribution in [3.63, 3.8) is 0 Å². The molecule has 0 aliphatic rings. The van der Waals surface area contributed by atoms with E-state index in [9.17, 15) is 5.26 Å². The van der Waals surface area contributed by atoms with Gasteiger partial charge in [0, 0.05) is 0 Å². The van der Waals surface area contributed by atoms with Gasteiger partial charge in [0.15, 0.2) is 0 Å². The minimum absolute atomic E-state index is 0.473. The molecule has 0 bridgehead atoms. The summed E-state index contributed by atoms with van der Waals surface area (Å²) in [7, 11) is 0. The Labute approximate surface area is 171 Å². The molecule has 0 saturated carbocycles. The lowest BCUT2D eigenvalue weighted by Crippen LogP contribution is -1.95. The lowest BCUT2D eigenvalue weighted by atomic mass is 10.1. The number of allylic oxidation sites excluding steroid dienone is 1. The number of fused-ring (bicyclic) bond motifs is 1. The summed E-state index contributed by atoms with van der Waals surface area (Å²) in [5, 5.41) is 9.59. The van der Waals surface area contributed by atoms with E-state index in [2.05, 4.69) is 32.0 Å². The Balaban J connectivity index is 1.56. The maximum Gasteiger partial charge on any atom is 0.149 e. The van der Waals surface area contributed by atoms with Crippen molar-refractivity contribution in [2.45, 2.75) is 6.61 Å². The topological polar surface area (TPSA) is 61.7 Å². The summed E-state index contributed by atoms with van der Waals surface area (Å²) >= 11 is 3.56. The SMILES string of the molecule is N#CC(=Cc1ccc(OCc2ccccc2)c(Br)c1)c1nc2ccccc2[nH]1. The molecule has 4 nitrogen and oxygen atoms in total. The van der Waals surface area contributed by atoms with E-state index in [1.54, 1.807) is 0 Å². The van der Waals surface area contributed by atoms with Gasteiger partial charge in [-0.25, -0.2) is 4.98 Å². The van der Waals surface area contributed by atoms with E-state index in [1.165, 1.54) is 0 Å². The molecule has 0 saturated heterocycles. The molecular weight excluding hydrogens is 414 g/mol. The Morgan fingerprint density at radius 3 is 2.61 bits per heavy atom. The first kappa shape index (κ1) is 18.0. The summed E-state index contributed by atoms with van der Waals surface area (Å²) in [6.45, 7) is 0.497. The number of hydrogen-bond acceptors (Lipinski definition) is 3. The van der Waals surface area contributed by atoms with Crippen molar-refractivity contribution in [1.29, 1.82) is 5.26 Å². The van der Waals surface area contributed by atoms with E-state index in [0.29, 0.717) is 18.0 Å². The molecule has 4 aromatic rings. The number of halogens is 1. The van der Waals surface area contributed by atoms with Crippen LogP contribution >= 0.6 is 15.9 Å². The molecule has 3 aromatic carbocycles. The van der Waals surface area contributed by atoms with Crippen LogP contribution in [0.4, 0.5) is 0 Å². The van der Waals surface area contributed by atoms with E-state index in [1.807, 2.05) is 78.9 Å². The second-order valence-corrected chi connectivity index (χ2v) is 7.09. The molecule has 1 N–H and O–H groups in total. The zero-order valence-corrected chi connectivity index (χ0v) is 16.5. The smallest absolute Gasteiger partial charge is 0.149 e. The molecule has 0 unspecified atom stereocenters. The van der Waals surface area contributed by atoms with Crippen molar-refractivity contribution >= 4 is 38.6 Å². The van der Waals surface area contributed by atoms with Gasteiger partial charge in [0.2, 0.25) is 0 Å². The third-order valence-electron chi connectivity index (χ3n) is 4.27. The van der Waals surface area contributed by atoms with Crippen LogP contribution in [0.25, 0.3) is 22.7 Å². The number of nitrogens with one attached hydrogen (secondary N) is 1. The lowest BCUT2D eigenvalue weighted by molar-refractivity contribution is 0.304. The summed E-state index contributed by atoms with van der Waals surface area (Å²) in [6, 6.07) is 25.7. The highest BCUT2D eigenvalue weighted by Crippen LogP contribution is 2.28. The predicted molar refractivity (Wildman–Crippen MR) is 114 cm³/mol. The minimum Gasteiger partial charge on any atom is -0.488 e. The van der Waals surface area contributed by atoms with Crippen molar-refractivity contribution in [2.24, 2.45) is 0 Å². The average Bonchev–Trinajstić information content (AvgIpc) is 3.16. The van der Waals surface area contributed by atoms with Gasteiger partial charge in [-0.3, -0.25) is 0 Å². The van der Waals surface area contributed by atoms with Crippen LogP contribution in [0.5, 0.6) is 5.75 Å². The summed E-state index contributed by atoms with van der Waals surface area (Å²) < 4.78 is 6.72. The third kappa shape index (κ3) is 3.98. The molecule has 1 aromatic heterocycles. The fourth-order valence-corrected chi connectivity index (χ4v) is 3.37. The minimum atomic E-state index is 0.473. The number of rotatable bonds is 5. The summed E-state index contributed by atoms with van der Waals surface area (Å²) in [5.74, 6) is 1.31. The van der Waals surface area contributed by atoms with Crippen molar-refractivity contribution < 1.29 is 4.74 Å². The second kappa shape index (κ2) is 8.12. The van der Waals surface area contributed by atoms with Crippen molar-refractivity contribution in [3.05, 3.63) is 94.2 Å². The maximum atomic E-state index is 9.59. The third-order valence-corrected chi connectivity index (χ3v) is 4.89. The van der Waals surface area contributed by atoms with Gasteiger partial charge >= 0.3 is 0 Å². The van der Waals surface area contributed by atoms with Crippen molar-refractivity contribution in [2.75, 3.05) is 0 Å². The summed E-state index contributed by atoms with van der Waals surface area (Å²) in [5.41, 5.74) is 4.21. The van der Waals surface area contributed by atoms with Crippen LogP contribution in [0.15, 0.2) is 77.3 Å². The monoisotopic (exact) mass is 429 g/mol. The first-order valence-electron chi connectivity index (χ1n) is 8.76. The van der Waals surface area contributed by atoms with E-state index in [0.717, 1.165) is 32.4 Å². The molecule has 0 fully saturated rings. The number of benzene rings is 3. The first-order valence-corrected chi connectivity index (χ1v) is 9.55. The molecule has 136 valence electrons. The van der Waals surface area contributed by atoms with Crippen LogP contribution in [-0.4, -0.2) is 9.97 Å². The molecule has 0 atom stereocenters. The fourth-order valence-electron chi connectivity index (χ4n) is 2.86. The van der Waals surface area contributed by atoms with Gasteiger partial charge in [0.25, 0.3) is 0 Å².